The first kappa shape index (κ1) is 17.4. The molecule has 4 aromatic rings. The Morgan fingerprint density at radius 1 is 1.00 bits per heavy atom. The van der Waals surface area contributed by atoms with Crippen LogP contribution in [0.15, 0.2) is 77.8 Å². The molecule has 4 rings (SSSR count). The lowest BCUT2D eigenvalue weighted by Crippen LogP contribution is -2.15. The number of carbonyl (C=O) groups excluding carboxylic acids is 1. The maximum absolute atomic E-state index is 13.5. The number of benzene rings is 3. The van der Waals surface area contributed by atoms with Crippen LogP contribution in [-0.2, 0) is 6.54 Å². The van der Waals surface area contributed by atoms with Crippen LogP contribution in [0.4, 0.5) is 4.39 Å². The third-order valence-corrected chi connectivity index (χ3v) is 5.44. The first-order chi connectivity index (χ1) is 13.2. The normalized spacial score (nSPS) is 11.9. The number of rotatable bonds is 3. The molecule has 1 heterocycles. The molecule has 0 aliphatic rings. The summed E-state index contributed by atoms with van der Waals surface area (Å²) in [6.45, 7) is 2.64. The number of thiazole rings is 1. The number of aryl methyl sites for hydroxylation is 1. The molecule has 0 saturated carbocycles. The van der Waals surface area contributed by atoms with Gasteiger partial charge in [0.2, 0.25) is 0 Å². The number of aromatic nitrogens is 1. The molecular weight excluding hydrogens is 359 g/mol. The second-order valence-electron chi connectivity index (χ2n) is 6.10. The third-order valence-electron chi connectivity index (χ3n) is 4.40. The first-order valence-electron chi connectivity index (χ1n) is 8.69. The number of fused-ring (bicyclic) bond motifs is 1. The standard InChI is InChI=1S/C22H17FN2OS/c1-2-25-19-13-12-18(23)14-20(19)27-22(25)24-21(26)17-10-8-16(9-11-17)15-6-4-3-5-7-15/h3-14H,2H2,1H3. The van der Waals surface area contributed by atoms with E-state index in [4.69, 9.17) is 0 Å². The molecule has 134 valence electrons. The van der Waals surface area contributed by atoms with E-state index in [0.29, 0.717) is 16.9 Å². The van der Waals surface area contributed by atoms with Crippen LogP contribution in [0.1, 0.15) is 17.3 Å². The van der Waals surface area contributed by atoms with E-state index in [2.05, 4.69) is 4.99 Å². The Labute approximate surface area is 160 Å². The lowest BCUT2D eigenvalue weighted by molar-refractivity contribution is 0.0998. The molecule has 0 bridgehead atoms. The van der Waals surface area contributed by atoms with E-state index in [9.17, 15) is 9.18 Å². The van der Waals surface area contributed by atoms with Crippen molar-refractivity contribution in [1.82, 2.24) is 4.57 Å². The zero-order valence-electron chi connectivity index (χ0n) is 14.7. The molecule has 5 heteroatoms. The van der Waals surface area contributed by atoms with Crippen LogP contribution in [0.5, 0.6) is 0 Å². The van der Waals surface area contributed by atoms with Gasteiger partial charge in [-0.05, 0) is 48.4 Å². The van der Waals surface area contributed by atoms with E-state index < -0.39 is 0 Å². The summed E-state index contributed by atoms with van der Waals surface area (Å²) in [5.74, 6) is -0.592. The summed E-state index contributed by atoms with van der Waals surface area (Å²) >= 11 is 1.32. The summed E-state index contributed by atoms with van der Waals surface area (Å²) in [4.78, 5) is 17.5. The quantitative estimate of drug-likeness (QED) is 0.480. The van der Waals surface area contributed by atoms with Gasteiger partial charge in [0.25, 0.3) is 5.91 Å². The predicted octanol–water partition coefficient (Wildman–Crippen LogP) is 5.27. The van der Waals surface area contributed by atoms with Crippen LogP contribution in [0.2, 0.25) is 0 Å². The fourth-order valence-corrected chi connectivity index (χ4v) is 4.14. The highest BCUT2D eigenvalue weighted by molar-refractivity contribution is 7.16. The van der Waals surface area contributed by atoms with Crippen LogP contribution in [0.25, 0.3) is 21.3 Å². The lowest BCUT2D eigenvalue weighted by Gasteiger charge is -2.02. The third kappa shape index (κ3) is 3.46. The zero-order valence-corrected chi connectivity index (χ0v) is 15.5. The molecule has 3 nitrogen and oxygen atoms in total. The molecule has 0 spiro atoms. The van der Waals surface area contributed by atoms with Gasteiger partial charge < -0.3 is 4.57 Å². The van der Waals surface area contributed by atoms with E-state index in [1.165, 1.54) is 23.5 Å². The first-order valence-corrected chi connectivity index (χ1v) is 9.51. The maximum Gasteiger partial charge on any atom is 0.279 e. The van der Waals surface area contributed by atoms with Crippen molar-refractivity contribution < 1.29 is 9.18 Å². The molecule has 0 aliphatic heterocycles. The Hall–Kier alpha value is -3.05. The topological polar surface area (TPSA) is 34.4 Å². The minimum absolute atomic E-state index is 0.290. The van der Waals surface area contributed by atoms with Gasteiger partial charge in [-0.15, -0.1) is 0 Å². The molecule has 0 unspecified atom stereocenters. The average molecular weight is 376 g/mol. The summed E-state index contributed by atoms with van der Waals surface area (Å²) in [6.07, 6.45) is 0. The summed E-state index contributed by atoms with van der Waals surface area (Å²) in [6, 6.07) is 22.0. The van der Waals surface area contributed by atoms with Crippen LogP contribution in [0, 0.1) is 5.82 Å². The van der Waals surface area contributed by atoms with E-state index in [-0.39, 0.29) is 11.7 Å². The highest BCUT2D eigenvalue weighted by atomic mass is 32.1. The van der Waals surface area contributed by atoms with Crippen molar-refractivity contribution in [2.24, 2.45) is 4.99 Å². The van der Waals surface area contributed by atoms with Gasteiger partial charge in [0.1, 0.15) is 5.82 Å². The largest absolute Gasteiger partial charge is 0.317 e. The molecule has 1 aromatic heterocycles. The van der Waals surface area contributed by atoms with Gasteiger partial charge in [-0.2, -0.15) is 4.99 Å². The summed E-state index contributed by atoms with van der Waals surface area (Å²) < 4.78 is 16.2. The van der Waals surface area contributed by atoms with Crippen molar-refractivity contribution in [1.29, 1.82) is 0 Å². The molecule has 0 saturated heterocycles. The summed E-state index contributed by atoms with van der Waals surface area (Å²) in [7, 11) is 0. The minimum Gasteiger partial charge on any atom is -0.317 e. The molecule has 0 aliphatic carbocycles. The lowest BCUT2D eigenvalue weighted by atomic mass is 10.0. The van der Waals surface area contributed by atoms with Gasteiger partial charge in [0, 0.05) is 12.1 Å². The zero-order chi connectivity index (χ0) is 18.8. The SMILES string of the molecule is CCn1c(=NC(=O)c2ccc(-c3ccccc3)cc2)sc2cc(F)ccc21. The van der Waals surface area contributed by atoms with Crippen molar-refractivity contribution in [2.45, 2.75) is 13.5 Å². The minimum atomic E-state index is -0.302. The Balaban J connectivity index is 1.70. The molecule has 1 amide bonds. The molecule has 3 aromatic carbocycles. The smallest absolute Gasteiger partial charge is 0.279 e. The van der Waals surface area contributed by atoms with Crippen molar-refractivity contribution >= 4 is 27.5 Å². The highest BCUT2D eigenvalue weighted by Gasteiger charge is 2.09. The van der Waals surface area contributed by atoms with E-state index >= 15 is 0 Å². The van der Waals surface area contributed by atoms with Crippen molar-refractivity contribution in [3.63, 3.8) is 0 Å². The monoisotopic (exact) mass is 376 g/mol. The molecule has 0 atom stereocenters. The summed E-state index contributed by atoms with van der Waals surface area (Å²) in [5.41, 5.74) is 3.56. The average Bonchev–Trinajstić information content (AvgIpc) is 3.04. The maximum atomic E-state index is 13.5. The van der Waals surface area contributed by atoms with E-state index in [1.54, 1.807) is 18.2 Å². The Bertz CT molecular complexity index is 1170. The second kappa shape index (κ2) is 7.29. The molecule has 0 N–H and O–H groups in total. The number of amides is 1. The van der Waals surface area contributed by atoms with Crippen LogP contribution in [-0.4, -0.2) is 10.5 Å². The van der Waals surface area contributed by atoms with Gasteiger partial charge in [-0.1, -0.05) is 53.8 Å². The van der Waals surface area contributed by atoms with Gasteiger partial charge in [-0.25, -0.2) is 4.39 Å². The van der Waals surface area contributed by atoms with Crippen LogP contribution >= 0.6 is 11.3 Å². The number of halogens is 1. The number of hydrogen-bond donors (Lipinski definition) is 0. The fraction of sp³-hybridized carbons (Fsp3) is 0.0909. The Kier molecular flexibility index (Phi) is 4.69. The second-order valence-corrected chi connectivity index (χ2v) is 7.11. The van der Waals surface area contributed by atoms with E-state index in [0.717, 1.165) is 21.3 Å². The van der Waals surface area contributed by atoms with Crippen LogP contribution in [0.3, 0.4) is 0 Å². The van der Waals surface area contributed by atoms with E-state index in [1.807, 2.05) is 54.0 Å². The summed E-state index contributed by atoms with van der Waals surface area (Å²) in [5, 5.41) is 0. The van der Waals surface area contributed by atoms with Crippen LogP contribution < -0.4 is 4.80 Å². The predicted molar refractivity (Wildman–Crippen MR) is 107 cm³/mol. The van der Waals surface area contributed by atoms with Gasteiger partial charge in [0.05, 0.1) is 10.2 Å². The Morgan fingerprint density at radius 3 is 2.41 bits per heavy atom. The molecular formula is C22H17FN2OS. The number of nitrogens with zero attached hydrogens (tertiary/aromatic N) is 2. The molecule has 27 heavy (non-hydrogen) atoms. The van der Waals surface area contributed by atoms with Crippen molar-refractivity contribution in [3.05, 3.63) is 89.0 Å². The van der Waals surface area contributed by atoms with Gasteiger partial charge >= 0.3 is 0 Å². The fourth-order valence-electron chi connectivity index (χ4n) is 3.03. The number of hydrogen-bond acceptors (Lipinski definition) is 2. The van der Waals surface area contributed by atoms with Crippen molar-refractivity contribution in [3.8, 4) is 11.1 Å². The van der Waals surface area contributed by atoms with Gasteiger partial charge in [-0.3, -0.25) is 4.79 Å². The van der Waals surface area contributed by atoms with Gasteiger partial charge in [0.15, 0.2) is 4.80 Å². The highest BCUT2D eigenvalue weighted by Crippen LogP contribution is 2.20. The molecule has 0 fully saturated rings. The van der Waals surface area contributed by atoms with Crippen molar-refractivity contribution in [2.75, 3.05) is 0 Å². The number of carbonyl (C=O) groups is 1. The Morgan fingerprint density at radius 2 is 1.70 bits per heavy atom. The molecule has 0 radical (unpaired) electrons.